The predicted molar refractivity (Wildman–Crippen MR) is 67.4 cm³/mol. The summed E-state index contributed by atoms with van der Waals surface area (Å²) in [6.07, 6.45) is 1.02. The molecule has 1 aliphatic heterocycles. The summed E-state index contributed by atoms with van der Waals surface area (Å²) in [5.41, 5.74) is 0.935. The average Bonchev–Trinajstić information content (AvgIpc) is 2.75. The van der Waals surface area contributed by atoms with Gasteiger partial charge in [-0.05, 0) is 31.5 Å². The van der Waals surface area contributed by atoms with E-state index in [2.05, 4.69) is 5.32 Å². The molecule has 1 aromatic rings. The zero-order valence-electron chi connectivity index (χ0n) is 10.5. The molecule has 0 saturated carbocycles. The van der Waals surface area contributed by atoms with E-state index in [9.17, 15) is 4.79 Å². The number of hydrogen-bond acceptors (Lipinski definition) is 4. The lowest BCUT2D eigenvalue weighted by Crippen LogP contribution is -2.27. The number of hydrogen-bond donors (Lipinski definition) is 2. The Labute approximate surface area is 106 Å². The maximum atomic E-state index is 11.0. The van der Waals surface area contributed by atoms with Crippen LogP contribution in [-0.2, 0) is 4.74 Å². The Hall–Kier alpha value is -1.75. The van der Waals surface area contributed by atoms with E-state index in [1.54, 1.807) is 19.2 Å². The van der Waals surface area contributed by atoms with Gasteiger partial charge in [0, 0.05) is 6.61 Å². The Morgan fingerprint density at radius 3 is 2.89 bits per heavy atom. The molecule has 5 nitrogen and oxygen atoms in total. The zero-order valence-corrected chi connectivity index (χ0v) is 10.5. The van der Waals surface area contributed by atoms with Crippen molar-refractivity contribution in [1.29, 1.82) is 0 Å². The lowest BCUT2D eigenvalue weighted by atomic mass is 10.1. The fourth-order valence-electron chi connectivity index (χ4n) is 2.07. The highest BCUT2D eigenvalue weighted by molar-refractivity contribution is 5.89. The van der Waals surface area contributed by atoms with Gasteiger partial charge in [-0.2, -0.15) is 0 Å². The molecule has 1 aliphatic rings. The fourth-order valence-corrected chi connectivity index (χ4v) is 2.07. The van der Waals surface area contributed by atoms with Crippen LogP contribution in [0.15, 0.2) is 18.2 Å². The van der Waals surface area contributed by atoms with Crippen LogP contribution in [0.3, 0.4) is 0 Å². The lowest BCUT2D eigenvalue weighted by Gasteiger charge is -2.19. The largest absolute Gasteiger partial charge is 0.495 e. The molecule has 0 bridgehead atoms. The quantitative estimate of drug-likeness (QED) is 0.856. The standard InChI is InChI=1S/C13H17NO4/c1-8-10(5-6-18-8)14-11-7-9(13(15)16)3-4-12(11)17-2/h3-4,7-8,10,14H,5-6H2,1-2H3,(H,15,16). The van der Waals surface area contributed by atoms with Crippen molar-refractivity contribution in [3.63, 3.8) is 0 Å². The molecule has 2 rings (SSSR count). The third-order valence-electron chi connectivity index (χ3n) is 3.16. The second kappa shape index (κ2) is 5.27. The molecule has 98 valence electrons. The maximum absolute atomic E-state index is 11.0. The average molecular weight is 251 g/mol. The van der Waals surface area contributed by atoms with Crippen LogP contribution in [0.2, 0.25) is 0 Å². The van der Waals surface area contributed by atoms with Gasteiger partial charge in [0.25, 0.3) is 0 Å². The summed E-state index contributed by atoms with van der Waals surface area (Å²) in [5, 5.41) is 12.3. The van der Waals surface area contributed by atoms with Crippen LogP contribution in [0.25, 0.3) is 0 Å². The molecular weight excluding hydrogens is 234 g/mol. The first-order valence-electron chi connectivity index (χ1n) is 5.91. The molecule has 18 heavy (non-hydrogen) atoms. The predicted octanol–water partition coefficient (Wildman–Crippen LogP) is 1.98. The first-order valence-corrected chi connectivity index (χ1v) is 5.91. The van der Waals surface area contributed by atoms with Crippen LogP contribution in [0.4, 0.5) is 5.69 Å². The first kappa shape index (κ1) is 12.7. The van der Waals surface area contributed by atoms with E-state index in [-0.39, 0.29) is 17.7 Å². The highest BCUT2D eigenvalue weighted by atomic mass is 16.5. The van der Waals surface area contributed by atoms with E-state index in [1.807, 2.05) is 6.92 Å². The van der Waals surface area contributed by atoms with Gasteiger partial charge >= 0.3 is 5.97 Å². The smallest absolute Gasteiger partial charge is 0.335 e. The summed E-state index contributed by atoms with van der Waals surface area (Å²) < 4.78 is 10.7. The summed E-state index contributed by atoms with van der Waals surface area (Å²) in [7, 11) is 1.57. The molecule has 2 atom stereocenters. The molecular formula is C13H17NO4. The Bertz CT molecular complexity index is 447. The number of methoxy groups -OCH3 is 1. The van der Waals surface area contributed by atoms with Crippen LogP contribution in [0, 0.1) is 0 Å². The minimum absolute atomic E-state index is 0.114. The van der Waals surface area contributed by atoms with Gasteiger partial charge in [0.15, 0.2) is 0 Å². The Kier molecular flexibility index (Phi) is 3.72. The molecule has 1 fully saturated rings. The van der Waals surface area contributed by atoms with Gasteiger partial charge in [-0.1, -0.05) is 0 Å². The summed E-state index contributed by atoms with van der Waals surface area (Å²) >= 11 is 0. The van der Waals surface area contributed by atoms with Crippen molar-refractivity contribution >= 4 is 11.7 Å². The second-order valence-corrected chi connectivity index (χ2v) is 4.34. The van der Waals surface area contributed by atoms with Crippen LogP contribution in [0.1, 0.15) is 23.7 Å². The molecule has 0 radical (unpaired) electrons. The molecule has 2 unspecified atom stereocenters. The lowest BCUT2D eigenvalue weighted by molar-refractivity contribution is 0.0697. The highest BCUT2D eigenvalue weighted by Gasteiger charge is 2.25. The van der Waals surface area contributed by atoms with Crippen LogP contribution >= 0.6 is 0 Å². The van der Waals surface area contributed by atoms with Gasteiger partial charge in [-0.25, -0.2) is 4.79 Å². The number of carboxylic acids is 1. The molecule has 0 spiro atoms. The Balaban J connectivity index is 2.23. The Morgan fingerprint density at radius 1 is 1.56 bits per heavy atom. The maximum Gasteiger partial charge on any atom is 0.335 e. The van der Waals surface area contributed by atoms with Gasteiger partial charge < -0.3 is 19.9 Å². The third kappa shape index (κ3) is 2.56. The summed E-state index contributed by atoms with van der Waals surface area (Å²) in [6, 6.07) is 4.96. The monoisotopic (exact) mass is 251 g/mol. The summed E-state index contributed by atoms with van der Waals surface area (Å²) in [5.74, 6) is -0.310. The molecule has 0 aliphatic carbocycles. The fraction of sp³-hybridized carbons (Fsp3) is 0.462. The minimum Gasteiger partial charge on any atom is -0.495 e. The number of anilines is 1. The van der Waals surface area contributed by atoms with Crippen LogP contribution < -0.4 is 10.1 Å². The highest BCUT2D eigenvalue weighted by Crippen LogP contribution is 2.28. The summed E-state index contributed by atoms with van der Waals surface area (Å²) in [4.78, 5) is 11.0. The number of rotatable bonds is 4. The second-order valence-electron chi connectivity index (χ2n) is 4.34. The zero-order chi connectivity index (χ0) is 13.1. The van der Waals surface area contributed by atoms with Crippen molar-refractivity contribution in [3.05, 3.63) is 23.8 Å². The Morgan fingerprint density at radius 2 is 2.33 bits per heavy atom. The number of carboxylic acid groups (broad SMARTS) is 1. The van der Waals surface area contributed by atoms with Gasteiger partial charge in [0.2, 0.25) is 0 Å². The molecule has 0 aromatic heterocycles. The van der Waals surface area contributed by atoms with E-state index in [0.29, 0.717) is 11.4 Å². The van der Waals surface area contributed by atoms with E-state index < -0.39 is 5.97 Å². The molecule has 2 N–H and O–H groups in total. The summed E-state index contributed by atoms with van der Waals surface area (Å²) in [6.45, 7) is 2.72. The van der Waals surface area contributed by atoms with Crippen molar-refractivity contribution in [2.24, 2.45) is 0 Å². The molecule has 5 heteroatoms. The first-order chi connectivity index (χ1) is 8.61. The number of carbonyl (C=O) groups is 1. The van der Waals surface area contributed by atoms with E-state index in [1.165, 1.54) is 6.07 Å². The van der Waals surface area contributed by atoms with Gasteiger partial charge in [-0.3, -0.25) is 0 Å². The normalized spacial score (nSPS) is 22.8. The molecule has 0 amide bonds. The topological polar surface area (TPSA) is 67.8 Å². The SMILES string of the molecule is COc1ccc(C(=O)O)cc1NC1CCOC1C. The van der Waals surface area contributed by atoms with Crippen LogP contribution in [-0.4, -0.2) is 36.9 Å². The van der Waals surface area contributed by atoms with Crippen molar-refractivity contribution in [1.82, 2.24) is 0 Å². The number of nitrogens with one attached hydrogen (secondary N) is 1. The molecule has 1 saturated heterocycles. The van der Waals surface area contributed by atoms with E-state index in [0.717, 1.165) is 13.0 Å². The van der Waals surface area contributed by atoms with Crippen molar-refractivity contribution in [2.45, 2.75) is 25.5 Å². The number of aromatic carboxylic acids is 1. The minimum atomic E-state index is -0.948. The van der Waals surface area contributed by atoms with Gasteiger partial charge in [-0.15, -0.1) is 0 Å². The van der Waals surface area contributed by atoms with Gasteiger partial charge in [0.05, 0.1) is 30.5 Å². The van der Waals surface area contributed by atoms with Crippen molar-refractivity contribution < 1.29 is 19.4 Å². The number of benzene rings is 1. The third-order valence-corrected chi connectivity index (χ3v) is 3.16. The van der Waals surface area contributed by atoms with E-state index >= 15 is 0 Å². The van der Waals surface area contributed by atoms with Crippen molar-refractivity contribution in [3.8, 4) is 5.75 Å². The molecule has 1 heterocycles. The van der Waals surface area contributed by atoms with Crippen molar-refractivity contribution in [2.75, 3.05) is 19.0 Å². The van der Waals surface area contributed by atoms with E-state index in [4.69, 9.17) is 14.6 Å². The van der Waals surface area contributed by atoms with Crippen LogP contribution in [0.5, 0.6) is 5.75 Å². The molecule has 1 aromatic carbocycles. The van der Waals surface area contributed by atoms with Gasteiger partial charge in [0.1, 0.15) is 5.75 Å². The number of ether oxygens (including phenoxy) is 2.